The number of carbonyl (C=O) groups is 1. The topological polar surface area (TPSA) is 67.5 Å². The van der Waals surface area contributed by atoms with Gasteiger partial charge in [0.25, 0.3) is 0 Å². The highest BCUT2D eigenvalue weighted by atomic mass is 79.9. The molecular formula is C9H7BrClN3O. The first-order valence-electron chi connectivity index (χ1n) is 4.17. The van der Waals surface area contributed by atoms with Crippen LogP contribution >= 0.6 is 27.5 Å². The summed E-state index contributed by atoms with van der Waals surface area (Å²) < 4.78 is 0.792. The lowest BCUT2D eigenvalue weighted by molar-refractivity contribution is 0.250. The van der Waals surface area contributed by atoms with Gasteiger partial charge in [0, 0.05) is 9.50 Å². The Bertz CT molecular complexity index is 461. The molecule has 1 aliphatic heterocycles. The van der Waals surface area contributed by atoms with E-state index >= 15 is 0 Å². The molecule has 2 amide bonds. The Morgan fingerprint density at radius 1 is 1.53 bits per heavy atom. The van der Waals surface area contributed by atoms with Crippen LogP contribution in [0.25, 0.3) is 0 Å². The lowest BCUT2D eigenvalue weighted by atomic mass is 10.1. The van der Waals surface area contributed by atoms with Gasteiger partial charge in [0.2, 0.25) is 0 Å². The number of aliphatic imine (C=N–C) groups is 1. The minimum absolute atomic E-state index is 0.267. The molecule has 2 rings (SSSR count). The van der Waals surface area contributed by atoms with Crippen molar-refractivity contribution < 1.29 is 4.79 Å². The van der Waals surface area contributed by atoms with Crippen molar-refractivity contribution in [2.45, 2.75) is 6.04 Å². The number of urea groups is 1. The van der Waals surface area contributed by atoms with Gasteiger partial charge in [-0.15, -0.1) is 0 Å². The lowest BCUT2D eigenvalue weighted by Gasteiger charge is -2.12. The van der Waals surface area contributed by atoms with Crippen LogP contribution in [0.15, 0.2) is 27.7 Å². The van der Waals surface area contributed by atoms with Gasteiger partial charge in [0.15, 0.2) is 0 Å². The van der Waals surface area contributed by atoms with E-state index in [0.717, 1.165) is 10.0 Å². The first kappa shape index (κ1) is 10.4. The van der Waals surface area contributed by atoms with Crippen LogP contribution in [0.2, 0.25) is 5.02 Å². The molecule has 1 atom stereocenters. The molecule has 0 aromatic heterocycles. The Labute approximate surface area is 99.6 Å². The van der Waals surface area contributed by atoms with Gasteiger partial charge in [-0.05, 0) is 17.7 Å². The van der Waals surface area contributed by atoms with Crippen molar-refractivity contribution in [3.8, 4) is 0 Å². The summed E-state index contributed by atoms with van der Waals surface area (Å²) in [6.07, 6.45) is 0. The summed E-state index contributed by atoms with van der Waals surface area (Å²) in [5.74, 6) is 0.267. The number of halogens is 2. The molecule has 0 radical (unpaired) electrons. The van der Waals surface area contributed by atoms with Crippen LogP contribution in [-0.2, 0) is 0 Å². The lowest BCUT2D eigenvalue weighted by Crippen LogP contribution is -2.28. The van der Waals surface area contributed by atoms with Crippen molar-refractivity contribution in [1.29, 1.82) is 0 Å². The number of nitrogens with two attached hydrogens (primary N) is 1. The first-order chi connectivity index (χ1) is 7.08. The highest BCUT2D eigenvalue weighted by Gasteiger charge is 2.26. The number of hydrogen-bond donors (Lipinski definition) is 2. The van der Waals surface area contributed by atoms with Crippen molar-refractivity contribution in [2.75, 3.05) is 0 Å². The number of nitrogens with zero attached hydrogens (tertiary/aromatic N) is 1. The van der Waals surface area contributed by atoms with Gasteiger partial charge < -0.3 is 11.1 Å². The molecule has 4 nitrogen and oxygen atoms in total. The molecule has 6 heteroatoms. The van der Waals surface area contributed by atoms with Crippen LogP contribution in [0.5, 0.6) is 0 Å². The number of rotatable bonds is 1. The SMILES string of the molecule is NC1=NC(=O)NC1c1ccc(Cl)cc1Br. The number of amidine groups is 1. The maximum absolute atomic E-state index is 11.0. The van der Waals surface area contributed by atoms with E-state index in [2.05, 4.69) is 26.2 Å². The van der Waals surface area contributed by atoms with Crippen LogP contribution in [0, 0.1) is 0 Å². The number of carbonyl (C=O) groups excluding carboxylic acids is 1. The average Bonchev–Trinajstić information content (AvgIpc) is 2.45. The van der Waals surface area contributed by atoms with Crippen molar-refractivity contribution in [3.05, 3.63) is 33.3 Å². The van der Waals surface area contributed by atoms with Gasteiger partial charge in [-0.2, -0.15) is 4.99 Å². The van der Waals surface area contributed by atoms with Gasteiger partial charge in [0.1, 0.15) is 11.9 Å². The van der Waals surface area contributed by atoms with Crippen LogP contribution < -0.4 is 11.1 Å². The van der Waals surface area contributed by atoms with Gasteiger partial charge in [-0.1, -0.05) is 33.6 Å². The summed E-state index contributed by atoms with van der Waals surface area (Å²) in [5.41, 5.74) is 6.46. The Balaban J connectivity index is 2.39. The second-order valence-electron chi connectivity index (χ2n) is 3.09. The van der Waals surface area contributed by atoms with E-state index in [0.29, 0.717) is 5.02 Å². The second kappa shape index (κ2) is 3.83. The molecule has 0 saturated carbocycles. The molecule has 3 N–H and O–H groups in total. The molecule has 0 spiro atoms. The monoisotopic (exact) mass is 287 g/mol. The minimum atomic E-state index is -0.417. The predicted octanol–water partition coefficient (Wildman–Crippen LogP) is 2.22. The summed E-state index contributed by atoms with van der Waals surface area (Å²) in [5, 5.41) is 3.26. The molecule has 1 aliphatic rings. The highest BCUT2D eigenvalue weighted by Crippen LogP contribution is 2.28. The third kappa shape index (κ3) is 1.98. The van der Waals surface area contributed by atoms with E-state index in [1.165, 1.54) is 0 Å². The number of hydrogen-bond acceptors (Lipinski definition) is 2. The van der Waals surface area contributed by atoms with Crippen molar-refractivity contribution in [1.82, 2.24) is 5.32 Å². The van der Waals surface area contributed by atoms with Gasteiger partial charge in [0.05, 0.1) is 0 Å². The molecule has 78 valence electrons. The zero-order chi connectivity index (χ0) is 11.0. The van der Waals surface area contributed by atoms with Crippen molar-refractivity contribution in [2.24, 2.45) is 10.7 Å². The standard InChI is InChI=1S/C9H7BrClN3O/c10-6-3-4(11)1-2-5(6)7-8(12)14-9(15)13-7/h1-3,7H,(H3,12,13,14,15). The Morgan fingerprint density at radius 2 is 2.27 bits per heavy atom. The minimum Gasteiger partial charge on any atom is -0.385 e. The summed E-state index contributed by atoms with van der Waals surface area (Å²) in [6.45, 7) is 0. The van der Waals surface area contributed by atoms with Crippen LogP contribution in [-0.4, -0.2) is 11.9 Å². The third-order valence-electron chi connectivity index (χ3n) is 2.07. The van der Waals surface area contributed by atoms with E-state index in [1.54, 1.807) is 18.2 Å². The van der Waals surface area contributed by atoms with Gasteiger partial charge in [-0.3, -0.25) is 0 Å². The first-order valence-corrected chi connectivity index (χ1v) is 5.34. The molecule has 0 bridgehead atoms. The summed E-state index contributed by atoms with van der Waals surface area (Å²) >= 11 is 9.17. The normalized spacial score (nSPS) is 20.0. The Morgan fingerprint density at radius 3 is 2.80 bits per heavy atom. The fourth-order valence-corrected chi connectivity index (χ4v) is 2.30. The summed E-state index contributed by atoms with van der Waals surface area (Å²) in [4.78, 5) is 14.6. The van der Waals surface area contributed by atoms with Crippen LogP contribution in [0.3, 0.4) is 0 Å². The number of nitrogens with one attached hydrogen (secondary N) is 1. The van der Waals surface area contributed by atoms with E-state index in [9.17, 15) is 4.79 Å². The fraction of sp³-hybridized carbons (Fsp3) is 0.111. The zero-order valence-electron chi connectivity index (χ0n) is 7.50. The molecule has 0 aliphatic carbocycles. The number of benzene rings is 1. The smallest absolute Gasteiger partial charge is 0.343 e. The second-order valence-corrected chi connectivity index (χ2v) is 4.38. The average molecular weight is 289 g/mol. The molecule has 0 saturated heterocycles. The molecule has 1 aromatic carbocycles. The van der Waals surface area contributed by atoms with Crippen LogP contribution in [0.1, 0.15) is 11.6 Å². The summed E-state index contributed by atoms with van der Waals surface area (Å²) in [6, 6.07) is 4.49. The van der Waals surface area contributed by atoms with Gasteiger partial charge in [-0.25, -0.2) is 4.79 Å². The van der Waals surface area contributed by atoms with Crippen molar-refractivity contribution in [3.63, 3.8) is 0 Å². The van der Waals surface area contributed by atoms with Crippen LogP contribution in [0.4, 0.5) is 4.79 Å². The summed E-state index contributed by atoms with van der Waals surface area (Å²) in [7, 11) is 0. The Kier molecular flexibility index (Phi) is 2.67. The molecule has 1 unspecified atom stereocenters. The van der Waals surface area contributed by atoms with E-state index in [4.69, 9.17) is 17.3 Å². The number of amides is 2. The van der Waals surface area contributed by atoms with E-state index in [-0.39, 0.29) is 11.9 Å². The maximum Gasteiger partial charge on any atom is 0.343 e. The van der Waals surface area contributed by atoms with Crippen molar-refractivity contribution >= 4 is 39.4 Å². The molecular weight excluding hydrogens is 281 g/mol. The predicted molar refractivity (Wildman–Crippen MR) is 62.0 cm³/mol. The molecule has 0 fully saturated rings. The largest absolute Gasteiger partial charge is 0.385 e. The van der Waals surface area contributed by atoms with E-state index < -0.39 is 6.03 Å². The molecule has 15 heavy (non-hydrogen) atoms. The highest BCUT2D eigenvalue weighted by molar-refractivity contribution is 9.10. The molecule has 1 heterocycles. The quantitative estimate of drug-likeness (QED) is 0.832. The Hall–Kier alpha value is -1.07. The maximum atomic E-state index is 11.0. The fourth-order valence-electron chi connectivity index (χ4n) is 1.38. The third-order valence-corrected chi connectivity index (χ3v) is 2.99. The molecule has 1 aromatic rings. The van der Waals surface area contributed by atoms with Gasteiger partial charge >= 0.3 is 6.03 Å². The zero-order valence-corrected chi connectivity index (χ0v) is 9.84. The van der Waals surface area contributed by atoms with E-state index in [1.807, 2.05) is 0 Å².